The van der Waals surface area contributed by atoms with Gasteiger partial charge in [-0.1, -0.05) is 27.7 Å². The van der Waals surface area contributed by atoms with Gasteiger partial charge in [-0.05, 0) is 24.7 Å². The van der Waals surface area contributed by atoms with Crippen LogP contribution >= 0.6 is 0 Å². The van der Waals surface area contributed by atoms with Crippen molar-refractivity contribution in [1.82, 2.24) is 5.32 Å². The van der Waals surface area contributed by atoms with Crippen molar-refractivity contribution in [3.8, 4) is 0 Å². The van der Waals surface area contributed by atoms with E-state index in [4.69, 9.17) is 5.73 Å². The maximum atomic E-state index is 11.4. The predicted molar refractivity (Wildman–Crippen MR) is 59.9 cm³/mol. The molecule has 1 amide bonds. The van der Waals surface area contributed by atoms with Gasteiger partial charge in [0.2, 0.25) is 5.91 Å². The van der Waals surface area contributed by atoms with Gasteiger partial charge in [0.1, 0.15) is 0 Å². The van der Waals surface area contributed by atoms with E-state index in [-0.39, 0.29) is 11.9 Å². The molecule has 3 heteroatoms. The van der Waals surface area contributed by atoms with Crippen molar-refractivity contribution in [2.45, 2.75) is 46.6 Å². The first-order chi connectivity index (χ1) is 6.43. The van der Waals surface area contributed by atoms with Gasteiger partial charge in [-0.25, -0.2) is 0 Å². The Kier molecular flexibility index (Phi) is 6.54. The highest BCUT2D eigenvalue weighted by Gasteiger charge is 2.13. The van der Waals surface area contributed by atoms with Gasteiger partial charge >= 0.3 is 0 Å². The second-order valence-electron chi connectivity index (χ2n) is 4.71. The lowest BCUT2D eigenvalue weighted by atomic mass is 10.0. The van der Waals surface area contributed by atoms with E-state index in [1.165, 1.54) is 0 Å². The van der Waals surface area contributed by atoms with E-state index in [9.17, 15) is 4.79 Å². The molecule has 0 heterocycles. The summed E-state index contributed by atoms with van der Waals surface area (Å²) >= 11 is 0. The molecule has 0 aliphatic heterocycles. The molecule has 1 atom stereocenters. The summed E-state index contributed by atoms with van der Waals surface area (Å²) in [5.41, 5.74) is 5.72. The van der Waals surface area contributed by atoms with Gasteiger partial charge in [-0.3, -0.25) is 4.79 Å². The molecule has 0 radical (unpaired) electrons. The van der Waals surface area contributed by atoms with E-state index in [0.29, 0.717) is 11.8 Å². The number of nitrogens with one attached hydrogen (secondary N) is 1. The van der Waals surface area contributed by atoms with E-state index in [2.05, 4.69) is 33.0 Å². The zero-order valence-corrected chi connectivity index (χ0v) is 9.84. The molecule has 0 saturated heterocycles. The van der Waals surface area contributed by atoms with Gasteiger partial charge in [0.05, 0.1) is 6.04 Å². The summed E-state index contributed by atoms with van der Waals surface area (Å²) in [5, 5.41) is 2.86. The lowest BCUT2D eigenvalue weighted by Gasteiger charge is -2.14. The maximum absolute atomic E-state index is 11.4. The first-order valence-corrected chi connectivity index (χ1v) is 5.46. The molecular weight excluding hydrogens is 176 g/mol. The monoisotopic (exact) mass is 200 g/mol. The normalized spacial score (nSPS) is 13.4. The molecule has 14 heavy (non-hydrogen) atoms. The van der Waals surface area contributed by atoms with Gasteiger partial charge < -0.3 is 11.1 Å². The van der Waals surface area contributed by atoms with Crippen molar-refractivity contribution in [3.05, 3.63) is 0 Å². The van der Waals surface area contributed by atoms with Crippen LogP contribution in [0.3, 0.4) is 0 Å². The number of hydrogen-bond acceptors (Lipinski definition) is 2. The number of nitrogens with two attached hydrogens (primary N) is 1. The summed E-state index contributed by atoms with van der Waals surface area (Å²) in [5.74, 6) is 1.08. The van der Waals surface area contributed by atoms with Crippen molar-refractivity contribution in [3.63, 3.8) is 0 Å². The first kappa shape index (κ1) is 13.4. The molecule has 3 nitrogen and oxygen atoms in total. The van der Waals surface area contributed by atoms with Gasteiger partial charge in [0.25, 0.3) is 0 Å². The number of carbonyl (C=O) groups excluding carboxylic acids is 1. The quantitative estimate of drug-likeness (QED) is 0.683. The molecule has 0 unspecified atom stereocenters. The Morgan fingerprint density at radius 1 is 1.21 bits per heavy atom. The molecule has 3 N–H and O–H groups in total. The van der Waals surface area contributed by atoms with Crippen LogP contribution in [0.1, 0.15) is 40.5 Å². The van der Waals surface area contributed by atoms with E-state index in [1.54, 1.807) is 0 Å². The fourth-order valence-corrected chi connectivity index (χ4v) is 1.23. The van der Waals surface area contributed by atoms with Crippen LogP contribution in [0.25, 0.3) is 0 Å². The van der Waals surface area contributed by atoms with Crippen molar-refractivity contribution in [1.29, 1.82) is 0 Å². The summed E-state index contributed by atoms with van der Waals surface area (Å²) in [4.78, 5) is 11.4. The summed E-state index contributed by atoms with van der Waals surface area (Å²) < 4.78 is 0. The molecule has 84 valence electrons. The van der Waals surface area contributed by atoms with Gasteiger partial charge in [0.15, 0.2) is 0 Å². The molecule has 0 fully saturated rings. The molecule has 0 rings (SSSR count). The summed E-state index contributed by atoms with van der Waals surface area (Å²) in [6.07, 6.45) is 1.77. The molecular formula is C11H24N2O. The number of rotatable bonds is 6. The van der Waals surface area contributed by atoms with Crippen LogP contribution < -0.4 is 11.1 Å². The molecule has 0 bridgehead atoms. The Hall–Kier alpha value is -0.570. The molecule has 0 aromatic carbocycles. The Bertz CT molecular complexity index is 167. The first-order valence-electron chi connectivity index (χ1n) is 5.46. The lowest BCUT2D eigenvalue weighted by Crippen LogP contribution is -2.41. The van der Waals surface area contributed by atoms with Crippen molar-refractivity contribution >= 4 is 5.91 Å². The Morgan fingerprint density at radius 2 is 1.79 bits per heavy atom. The van der Waals surface area contributed by atoms with Crippen LogP contribution in [0, 0.1) is 11.8 Å². The van der Waals surface area contributed by atoms with Gasteiger partial charge in [-0.15, -0.1) is 0 Å². The average molecular weight is 200 g/mol. The molecule has 0 aromatic rings. The molecule has 0 aliphatic carbocycles. The Balaban J connectivity index is 3.62. The average Bonchev–Trinajstić information content (AvgIpc) is 2.01. The largest absolute Gasteiger partial charge is 0.355 e. The minimum Gasteiger partial charge on any atom is -0.355 e. The standard InChI is InChI=1S/C11H24N2O/c1-8(2)5-6-13-11(14)10(12)7-9(3)4/h8-10H,5-7,12H2,1-4H3,(H,13,14)/t10-/m0/s1. The highest BCUT2D eigenvalue weighted by Crippen LogP contribution is 2.02. The van der Waals surface area contributed by atoms with Crippen LogP contribution in [-0.2, 0) is 4.79 Å². The Morgan fingerprint density at radius 3 is 2.21 bits per heavy atom. The SMILES string of the molecule is CC(C)CCNC(=O)[C@@H](N)CC(C)C. The van der Waals surface area contributed by atoms with Crippen molar-refractivity contribution in [2.75, 3.05) is 6.54 Å². The Labute approximate surface area is 87.4 Å². The second kappa shape index (κ2) is 6.82. The maximum Gasteiger partial charge on any atom is 0.236 e. The van der Waals surface area contributed by atoms with Crippen LogP contribution in [-0.4, -0.2) is 18.5 Å². The third-order valence-electron chi connectivity index (χ3n) is 2.08. The summed E-state index contributed by atoms with van der Waals surface area (Å²) in [7, 11) is 0. The molecule has 0 aromatic heterocycles. The minimum atomic E-state index is -0.345. The molecule has 0 aliphatic rings. The topological polar surface area (TPSA) is 55.1 Å². The van der Waals surface area contributed by atoms with Gasteiger partial charge in [0, 0.05) is 6.54 Å². The third kappa shape index (κ3) is 6.89. The lowest BCUT2D eigenvalue weighted by molar-refractivity contribution is -0.122. The number of amides is 1. The zero-order valence-electron chi connectivity index (χ0n) is 9.84. The summed E-state index contributed by atoms with van der Waals surface area (Å²) in [6, 6.07) is -0.345. The number of carbonyl (C=O) groups is 1. The van der Waals surface area contributed by atoms with E-state index >= 15 is 0 Å². The minimum absolute atomic E-state index is 0.0145. The predicted octanol–water partition coefficient (Wildman–Crippen LogP) is 1.52. The van der Waals surface area contributed by atoms with Crippen LogP contribution in [0.15, 0.2) is 0 Å². The van der Waals surface area contributed by atoms with Gasteiger partial charge in [-0.2, -0.15) is 0 Å². The van der Waals surface area contributed by atoms with E-state index in [1.807, 2.05) is 0 Å². The summed E-state index contributed by atoms with van der Waals surface area (Å²) in [6.45, 7) is 9.16. The van der Waals surface area contributed by atoms with Crippen LogP contribution in [0.2, 0.25) is 0 Å². The fourth-order valence-electron chi connectivity index (χ4n) is 1.23. The smallest absolute Gasteiger partial charge is 0.236 e. The molecule has 0 saturated carbocycles. The van der Waals surface area contributed by atoms with Crippen LogP contribution in [0.5, 0.6) is 0 Å². The number of hydrogen-bond donors (Lipinski definition) is 2. The molecule has 0 spiro atoms. The van der Waals surface area contributed by atoms with Crippen molar-refractivity contribution < 1.29 is 4.79 Å². The van der Waals surface area contributed by atoms with E-state index < -0.39 is 0 Å². The highest BCUT2D eigenvalue weighted by molar-refractivity contribution is 5.81. The third-order valence-corrected chi connectivity index (χ3v) is 2.08. The fraction of sp³-hybridized carbons (Fsp3) is 0.909. The second-order valence-corrected chi connectivity index (χ2v) is 4.71. The van der Waals surface area contributed by atoms with Crippen molar-refractivity contribution in [2.24, 2.45) is 17.6 Å². The van der Waals surface area contributed by atoms with E-state index in [0.717, 1.165) is 19.4 Å². The zero-order chi connectivity index (χ0) is 11.1. The van der Waals surface area contributed by atoms with Crippen LogP contribution in [0.4, 0.5) is 0 Å². The highest BCUT2D eigenvalue weighted by atomic mass is 16.2.